The van der Waals surface area contributed by atoms with Crippen LogP contribution >= 0.6 is 0 Å². The average molecular weight is 509 g/mol. The van der Waals surface area contributed by atoms with Gasteiger partial charge >= 0.3 is 0 Å². The first kappa shape index (κ1) is 19.4. The minimum atomic E-state index is 0.839. The molecule has 0 saturated carbocycles. The van der Waals surface area contributed by atoms with E-state index in [0.717, 1.165) is 99.9 Å². The molecule has 0 saturated heterocycles. The van der Waals surface area contributed by atoms with E-state index >= 15 is 0 Å². The highest BCUT2D eigenvalue weighted by molar-refractivity contribution is 6.23. The van der Waals surface area contributed by atoms with Crippen LogP contribution in [0.25, 0.3) is 99.9 Å². The van der Waals surface area contributed by atoms with Crippen molar-refractivity contribution in [1.29, 1.82) is 0 Å². The predicted octanol–water partition coefficient (Wildman–Crippen LogP) is 7.68. The number of benzene rings is 4. The average Bonchev–Trinajstić information content (AvgIpc) is 3.71. The Morgan fingerprint density at radius 3 is 0.850 bits per heavy atom. The minimum Gasteiger partial charge on any atom is -0.227 e. The van der Waals surface area contributed by atoms with E-state index in [9.17, 15) is 0 Å². The molecule has 2 aliphatic rings. The van der Waals surface area contributed by atoms with Crippen LogP contribution < -0.4 is 0 Å². The van der Waals surface area contributed by atoms with Crippen molar-refractivity contribution in [2.45, 2.75) is 0 Å². The van der Waals surface area contributed by atoms with E-state index in [1.807, 2.05) is 0 Å². The number of aromatic nitrogens is 6. The molecule has 6 heteroatoms. The zero-order valence-electron chi connectivity index (χ0n) is 20.9. The van der Waals surface area contributed by atoms with Crippen molar-refractivity contribution >= 4 is 54.9 Å². The van der Waals surface area contributed by atoms with Crippen molar-refractivity contribution < 1.29 is 0 Å². The van der Waals surface area contributed by atoms with Crippen LogP contribution in [-0.2, 0) is 0 Å². The molecule has 6 heterocycles. The minimum absolute atomic E-state index is 0.839. The first-order valence-electron chi connectivity index (χ1n) is 13.4. The van der Waals surface area contributed by atoms with E-state index in [1.165, 1.54) is 0 Å². The van der Waals surface area contributed by atoms with Gasteiger partial charge in [0.1, 0.15) is 0 Å². The normalized spacial score (nSPS) is 13.0. The van der Waals surface area contributed by atoms with E-state index in [2.05, 4.69) is 106 Å². The topological polar surface area (TPSA) is 60.4 Å². The van der Waals surface area contributed by atoms with Gasteiger partial charge in [0, 0.05) is 54.6 Å². The van der Waals surface area contributed by atoms with Gasteiger partial charge in [-0.2, -0.15) is 0 Å². The molecule has 182 valence electrons. The highest BCUT2D eigenvalue weighted by atomic mass is 15.4. The maximum Gasteiger partial charge on any atom is 0.163 e. The first-order chi connectivity index (χ1) is 19.9. The largest absolute Gasteiger partial charge is 0.227 e. The summed E-state index contributed by atoms with van der Waals surface area (Å²) in [5.41, 5.74) is 11.4. The van der Waals surface area contributed by atoms with E-state index in [-0.39, 0.29) is 0 Å². The number of hydrogen-bond acceptors (Lipinski definition) is 4. The molecule has 0 radical (unpaired) electrons. The molecular formula is C34H16N6. The Morgan fingerprint density at radius 1 is 0.325 bits per heavy atom. The fourth-order valence-electron chi connectivity index (χ4n) is 7.13. The Kier molecular flexibility index (Phi) is 3.08. The molecule has 0 atom stereocenters. The van der Waals surface area contributed by atoms with Crippen LogP contribution in [-0.4, -0.2) is 29.0 Å². The van der Waals surface area contributed by atoms with Crippen molar-refractivity contribution in [3.8, 4) is 45.0 Å². The van der Waals surface area contributed by atoms with Gasteiger partial charge in [-0.1, -0.05) is 97.1 Å². The molecule has 40 heavy (non-hydrogen) atoms. The third-order valence-corrected chi connectivity index (χ3v) is 8.76. The first-order valence-corrected chi connectivity index (χ1v) is 13.4. The molecule has 10 aromatic rings. The smallest absolute Gasteiger partial charge is 0.163 e. The predicted molar refractivity (Wildman–Crippen MR) is 158 cm³/mol. The number of fused-ring (bicyclic) bond motifs is 4. The molecule has 12 bridgehead atoms. The van der Waals surface area contributed by atoms with Gasteiger partial charge in [-0.15, -0.1) is 0 Å². The van der Waals surface area contributed by atoms with Crippen LogP contribution in [0.5, 0.6) is 0 Å². The number of hydrogen-bond donors (Lipinski definition) is 0. The van der Waals surface area contributed by atoms with Gasteiger partial charge in [0.15, 0.2) is 22.6 Å². The van der Waals surface area contributed by atoms with Crippen LogP contribution in [0.1, 0.15) is 0 Å². The fourth-order valence-corrected chi connectivity index (χ4v) is 7.13. The molecule has 12 rings (SSSR count). The Morgan fingerprint density at radius 2 is 0.575 bits per heavy atom. The Labute approximate surface area is 225 Å². The van der Waals surface area contributed by atoms with Gasteiger partial charge in [0.05, 0.1) is 22.8 Å². The molecule has 0 aliphatic heterocycles. The zero-order chi connectivity index (χ0) is 25.7. The van der Waals surface area contributed by atoms with Gasteiger partial charge in [-0.25, -0.2) is 29.0 Å². The van der Waals surface area contributed by atoms with Gasteiger partial charge in [-0.05, 0) is 0 Å². The van der Waals surface area contributed by atoms with Gasteiger partial charge in [-0.3, -0.25) is 0 Å². The van der Waals surface area contributed by atoms with Crippen LogP contribution in [0.2, 0.25) is 0 Å². The second kappa shape index (κ2) is 6.33. The van der Waals surface area contributed by atoms with Crippen molar-refractivity contribution in [3.63, 3.8) is 0 Å². The Bertz CT molecular complexity index is 2300. The molecular weight excluding hydrogens is 492 g/mol. The molecule has 4 aromatic carbocycles. The molecule has 0 N–H and O–H groups in total. The summed E-state index contributed by atoms with van der Waals surface area (Å²) in [6, 6.07) is 33.9. The summed E-state index contributed by atoms with van der Waals surface area (Å²) in [6.07, 6.45) is 0. The zero-order valence-corrected chi connectivity index (χ0v) is 20.9. The molecule has 0 fully saturated rings. The van der Waals surface area contributed by atoms with Crippen molar-refractivity contribution in [2.24, 2.45) is 0 Å². The maximum atomic E-state index is 5.55. The van der Waals surface area contributed by atoms with E-state index in [0.29, 0.717) is 0 Å². The molecule has 6 aromatic heterocycles. The highest BCUT2D eigenvalue weighted by Crippen LogP contribution is 2.52. The molecule has 0 amide bonds. The van der Waals surface area contributed by atoms with Gasteiger partial charge in [0.25, 0.3) is 0 Å². The Hall–Kier alpha value is -5.62. The monoisotopic (exact) mass is 508 g/mol. The fraction of sp³-hybridized carbons (Fsp3) is 0. The Balaban J connectivity index is 1.68. The summed E-state index contributed by atoms with van der Waals surface area (Å²) in [6.45, 7) is 0. The van der Waals surface area contributed by atoms with E-state index < -0.39 is 0 Å². The summed E-state index contributed by atoms with van der Waals surface area (Å²) >= 11 is 0. The lowest BCUT2D eigenvalue weighted by Crippen LogP contribution is -2.02. The molecule has 2 aliphatic carbocycles. The highest BCUT2D eigenvalue weighted by Gasteiger charge is 2.33. The molecule has 0 spiro atoms. The standard InChI is InChI=1S/C34H16N6/c1-2-10-18-17(9-1)27-25-26-29-19-11-3-4-12-20(19)30(26)38-34-24-16-8-7-15-23(24)32(36-28(18)25)40(34)39-31(35-27)21-13-5-6-14-22(21)33(39)37-29/h1-16H. The lowest BCUT2D eigenvalue weighted by Gasteiger charge is -2.05. The quantitative estimate of drug-likeness (QED) is 0.211. The summed E-state index contributed by atoms with van der Waals surface area (Å²) in [5.74, 6) is 0. The van der Waals surface area contributed by atoms with Crippen LogP contribution in [0.4, 0.5) is 0 Å². The van der Waals surface area contributed by atoms with E-state index in [1.54, 1.807) is 0 Å². The van der Waals surface area contributed by atoms with Crippen molar-refractivity contribution in [1.82, 2.24) is 29.0 Å². The number of nitrogens with zero attached hydrogens (tertiary/aromatic N) is 6. The lowest BCUT2D eigenvalue weighted by atomic mass is 10.1. The van der Waals surface area contributed by atoms with Crippen LogP contribution in [0.3, 0.4) is 0 Å². The summed E-state index contributed by atoms with van der Waals surface area (Å²) in [4.78, 5) is 22.2. The van der Waals surface area contributed by atoms with Crippen LogP contribution in [0, 0.1) is 0 Å². The SMILES string of the molecule is c1ccc2c(c1)-c1nc3c4ccccc4c4nc5c6c(nc7c8ccccc8c(nc-2c16)n7n34)-c1ccccc1-5. The third-order valence-electron chi connectivity index (χ3n) is 8.76. The maximum absolute atomic E-state index is 5.55. The second-order valence-electron chi connectivity index (χ2n) is 10.7. The van der Waals surface area contributed by atoms with Crippen molar-refractivity contribution in [3.05, 3.63) is 97.1 Å². The second-order valence-corrected chi connectivity index (χ2v) is 10.7. The van der Waals surface area contributed by atoms with Gasteiger partial charge < -0.3 is 0 Å². The van der Waals surface area contributed by atoms with E-state index in [4.69, 9.17) is 19.9 Å². The van der Waals surface area contributed by atoms with Crippen molar-refractivity contribution in [2.75, 3.05) is 0 Å². The summed E-state index contributed by atoms with van der Waals surface area (Å²) in [5, 5.41) is 6.22. The number of rotatable bonds is 0. The van der Waals surface area contributed by atoms with Gasteiger partial charge in [0.2, 0.25) is 0 Å². The molecule has 0 unspecified atom stereocenters. The lowest BCUT2D eigenvalue weighted by molar-refractivity contribution is 0.885. The third kappa shape index (κ3) is 2.00. The summed E-state index contributed by atoms with van der Waals surface area (Å²) in [7, 11) is 0. The molecule has 6 nitrogen and oxygen atoms in total. The summed E-state index contributed by atoms with van der Waals surface area (Å²) < 4.78 is 4.30. The van der Waals surface area contributed by atoms with Crippen LogP contribution in [0.15, 0.2) is 97.1 Å².